The van der Waals surface area contributed by atoms with Crippen LogP contribution in [0.1, 0.15) is 46.3 Å². The summed E-state index contributed by atoms with van der Waals surface area (Å²) in [4.78, 5) is 31.1. The van der Waals surface area contributed by atoms with E-state index in [-0.39, 0.29) is 5.88 Å². The monoisotopic (exact) mass is 566 g/mol. The minimum Gasteiger partial charge on any atom is -0.494 e. The number of aromatic amines is 1. The van der Waals surface area contributed by atoms with Crippen molar-refractivity contribution in [3.05, 3.63) is 95.1 Å². The number of likely N-dealkylation sites (tertiary alicyclic amines) is 1. The van der Waals surface area contributed by atoms with E-state index in [1.54, 1.807) is 18.2 Å². The van der Waals surface area contributed by atoms with Gasteiger partial charge in [0.05, 0.1) is 17.0 Å². The normalized spacial score (nSPS) is 14.4. The fourth-order valence-electron chi connectivity index (χ4n) is 4.61. The van der Waals surface area contributed by atoms with Gasteiger partial charge < -0.3 is 20.9 Å². The Morgan fingerprint density at radius 2 is 1.56 bits per heavy atom. The SMILES string of the molecule is NC(=O)c1ccc2[nH]c(O)c(C(=Nc3ccc(CN4CCCCC4)cc3)c3ccccc3)c2c1.O=C(O)C(F)(F)F. The maximum atomic E-state index is 11.8. The van der Waals surface area contributed by atoms with E-state index in [2.05, 4.69) is 22.0 Å². The van der Waals surface area contributed by atoms with Crippen LogP contribution in [-0.4, -0.2) is 57.0 Å². The summed E-state index contributed by atoms with van der Waals surface area (Å²) in [5, 5.41) is 18.7. The van der Waals surface area contributed by atoms with Crippen molar-refractivity contribution >= 4 is 34.2 Å². The molecule has 0 saturated carbocycles. The van der Waals surface area contributed by atoms with Crippen molar-refractivity contribution in [3.8, 4) is 5.88 Å². The molecule has 0 spiro atoms. The number of carboxylic acid groups (broad SMARTS) is 1. The second-order valence-corrected chi connectivity index (χ2v) is 9.61. The first kappa shape index (κ1) is 29.3. The Balaban J connectivity index is 0.000000493. The highest BCUT2D eigenvalue weighted by atomic mass is 19.4. The van der Waals surface area contributed by atoms with Crippen LogP contribution in [0.25, 0.3) is 10.9 Å². The van der Waals surface area contributed by atoms with Gasteiger partial charge in [0.2, 0.25) is 5.91 Å². The second-order valence-electron chi connectivity index (χ2n) is 9.61. The van der Waals surface area contributed by atoms with Gasteiger partial charge in [-0.3, -0.25) is 9.69 Å². The van der Waals surface area contributed by atoms with Crippen LogP contribution in [0.15, 0.2) is 77.8 Å². The molecule has 1 aliphatic rings. The Labute approximate surface area is 233 Å². The van der Waals surface area contributed by atoms with Crippen molar-refractivity contribution in [3.63, 3.8) is 0 Å². The predicted octanol–water partition coefficient (Wildman–Crippen LogP) is 5.76. The number of carbonyl (C=O) groups is 2. The third-order valence-electron chi connectivity index (χ3n) is 6.62. The molecule has 0 bridgehead atoms. The van der Waals surface area contributed by atoms with Gasteiger partial charge in [-0.05, 0) is 61.8 Å². The molecule has 1 aromatic heterocycles. The van der Waals surface area contributed by atoms with Crippen molar-refractivity contribution < 1.29 is 33.0 Å². The molecule has 0 aliphatic carbocycles. The molecule has 1 saturated heterocycles. The average Bonchev–Trinajstić information content (AvgIpc) is 3.28. The fourth-order valence-corrected chi connectivity index (χ4v) is 4.61. The Morgan fingerprint density at radius 1 is 0.927 bits per heavy atom. The molecule has 2 heterocycles. The van der Waals surface area contributed by atoms with Crippen LogP contribution in [0.5, 0.6) is 5.88 Å². The molecule has 4 aromatic rings. The number of piperidine rings is 1. The molecule has 0 unspecified atom stereocenters. The van der Waals surface area contributed by atoms with E-state index in [1.807, 2.05) is 42.5 Å². The standard InChI is InChI=1S/C28H28N4O2.C2HF3O2/c29-27(33)21-11-14-24-23(17-21)25(28(34)31-24)26(20-7-3-1-4-8-20)30-22-12-9-19(10-13-22)18-32-15-5-2-6-16-32;3-2(4,5)1(6)7/h1,3-4,7-14,17,31,34H,2,5-6,15-16,18H2,(H2,29,33);(H,6,7). The van der Waals surface area contributed by atoms with E-state index in [4.69, 9.17) is 20.6 Å². The van der Waals surface area contributed by atoms with Crippen LogP contribution in [0.2, 0.25) is 0 Å². The first-order chi connectivity index (χ1) is 19.5. The zero-order valence-corrected chi connectivity index (χ0v) is 22.0. The lowest BCUT2D eigenvalue weighted by molar-refractivity contribution is -0.192. The number of nitrogens with one attached hydrogen (secondary N) is 1. The fraction of sp³-hybridized carbons (Fsp3) is 0.233. The molecule has 41 heavy (non-hydrogen) atoms. The van der Waals surface area contributed by atoms with Gasteiger partial charge in [-0.1, -0.05) is 48.9 Å². The number of rotatable bonds is 6. The number of alkyl halides is 3. The number of nitrogens with zero attached hydrogens (tertiary/aromatic N) is 2. The maximum Gasteiger partial charge on any atom is 0.490 e. The number of aromatic hydroxyl groups is 1. The molecule has 11 heteroatoms. The Kier molecular flexibility index (Phi) is 9.08. The van der Waals surface area contributed by atoms with Crippen molar-refractivity contribution in [2.24, 2.45) is 10.7 Å². The third-order valence-corrected chi connectivity index (χ3v) is 6.62. The van der Waals surface area contributed by atoms with Crippen molar-refractivity contribution in [1.29, 1.82) is 0 Å². The smallest absolute Gasteiger partial charge is 0.490 e. The number of hydrogen-bond acceptors (Lipinski definition) is 5. The number of halogens is 3. The molecule has 0 radical (unpaired) electrons. The molecular weight excluding hydrogens is 537 g/mol. The topological polar surface area (TPSA) is 132 Å². The number of fused-ring (bicyclic) bond motifs is 1. The van der Waals surface area contributed by atoms with Gasteiger partial charge in [-0.25, -0.2) is 9.79 Å². The van der Waals surface area contributed by atoms with Crippen molar-refractivity contribution in [2.75, 3.05) is 13.1 Å². The Bertz CT molecular complexity index is 1540. The van der Waals surface area contributed by atoms with Crippen LogP contribution < -0.4 is 5.73 Å². The minimum absolute atomic E-state index is 0.000872. The number of H-pyrrole nitrogens is 1. The van der Waals surface area contributed by atoms with Gasteiger partial charge in [0.15, 0.2) is 5.88 Å². The molecule has 214 valence electrons. The lowest BCUT2D eigenvalue weighted by atomic mass is 9.99. The number of aliphatic carboxylic acids is 1. The second kappa shape index (κ2) is 12.7. The van der Waals surface area contributed by atoms with E-state index in [0.717, 1.165) is 30.9 Å². The Hall–Kier alpha value is -4.64. The average molecular weight is 567 g/mol. The molecule has 1 fully saturated rings. The molecular formula is C30H29F3N4O4. The number of hydrogen-bond donors (Lipinski definition) is 4. The highest BCUT2D eigenvalue weighted by Crippen LogP contribution is 2.32. The van der Waals surface area contributed by atoms with Crippen LogP contribution in [0.4, 0.5) is 18.9 Å². The van der Waals surface area contributed by atoms with E-state index in [0.29, 0.717) is 27.7 Å². The van der Waals surface area contributed by atoms with Crippen LogP contribution in [0, 0.1) is 0 Å². The van der Waals surface area contributed by atoms with Crippen LogP contribution in [-0.2, 0) is 11.3 Å². The summed E-state index contributed by atoms with van der Waals surface area (Å²) >= 11 is 0. The Morgan fingerprint density at radius 3 is 2.15 bits per heavy atom. The van der Waals surface area contributed by atoms with Crippen molar-refractivity contribution in [1.82, 2.24) is 9.88 Å². The summed E-state index contributed by atoms with van der Waals surface area (Å²) in [6.07, 6.45) is -1.21. The maximum absolute atomic E-state index is 11.8. The van der Waals surface area contributed by atoms with Gasteiger partial charge in [0.1, 0.15) is 0 Å². The lowest BCUT2D eigenvalue weighted by Crippen LogP contribution is -2.28. The first-order valence-electron chi connectivity index (χ1n) is 12.9. The van der Waals surface area contributed by atoms with Gasteiger partial charge in [0, 0.05) is 28.6 Å². The predicted molar refractivity (Wildman–Crippen MR) is 149 cm³/mol. The molecule has 5 rings (SSSR count). The van der Waals surface area contributed by atoms with E-state index < -0.39 is 18.1 Å². The largest absolute Gasteiger partial charge is 0.494 e. The molecule has 8 nitrogen and oxygen atoms in total. The quantitative estimate of drug-likeness (QED) is 0.220. The summed E-state index contributed by atoms with van der Waals surface area (Å²) in [7, 11) is 0. The number of primary amides is 1. The van der Waals surface area contributed by atoms with Gasteiger partial charge >= 0.3 is 12.1 Å². The van der Waals surface area contributed by atoms with Crippen molar-refractivity contribution in [2.45, 2.75) is 32.0 Å². The zero-order chi connectivity index (χ0) is 29.6. The molecule has 1 aliphatic heterocycles. The first-order valence-corrected chi connectivity index (χ1v) is 12.9. The highest BCUT2D eigenvalue weighted by Gasteiger charge is 2.38. The summed E-state index contributed by atoms with van der Waals surface area (Å²) in [5.74, 6) is -3.27. The minimum atomic E-state index is -5.08. The molecule has 3 aromatic carbocycles. The summed E-state index contributed by atoms with van der Waals surface area (Å²) in [5.41, 5.74) is 10.7. The number of carbonyl (C=O) groups excluding carboxylic acids is 1. The number of benzene rings is 3. The summed E-state index contributed by atoms with van der Waals surface area (Å²) in [6.45, 7) is 3.27. The van der Waals surface area contributed by atoms with Gasteiger partial charge in [0.25, 0.3) is 0 Å². The summed E-state index contributed by atoms with van der Waals surface area (Å²) in [6, 6.07) is 23.1. The number of aliphatic imine (C=N–C) groups is 1. The van der Waals surface area contributed by atoms with E-state index >= 15 is 0 Å². The number of amides is 1. The van der Waals surface area contributed by atoms with Gasteiger partial charge in [-0.2, -0.15) is 13.2 Å². The highest BCUT2D eigenvalue weighted by molar-refractivity contribution is 6.22. The molecule has 5 N–H and O–H groups in total. The van der Waals surface area contributed by atoms with Crippen LogP contribution >= 0.6 is 0 Å². The van der Waals surface area contributed by atoms with E-state index in [1.165, 1.54) is 24.8 Å². The number of nitrogens with two attached hydrogens (primary N) is 1. The number of carboxylic acids is 1. The summed E-state index contributed by atoms with van der Waals surface area (Å²) < 4.78 is 31.7. The lowest BCUT2D eigenvalue weighted by Gasteiger charge is -2.26. The van der Waals surface area contributed by atoms with Gasteiger partial charge in [-0.15, -0.1) is 0 Å². The zero-order valence-electron chi connectivity index (χ0n) is 22.0. The number of aromatic nitrogens is 1. The molecule has 1 amide bonds. The third kappa shape index (κ3) is 7.52. The molecule has 0 atom stereocenters. The van der Waals surface area contributed by atoms with Crippen LogP contribution in [0.3, 0.4) is 0 Å². The van der Waals surface area contributed by atoms with E-state index in [9.17, 15) is 23.1 Å².